The van der Waals surface area contributed by atoms with Gasteiger partial charge in [0, 0.05) is 26.2 Å². The normalized spacial score (nSPS) is 18.0. The van der Waals surface area contributed by atoms with Crippen molar-refractivity contribution in [3.05, 3.63) is 99.8 Å². The Kier molecular flexibility index (Phi) is 8.60. The largest absolute Gasteiger partial charge is 0.393 e. The third-order valence-corrected chi connectivity index (χ3v) is 7.05. The molecule has 0 saturated carbocycles. The molecule has 3 atom stereocenters. The molecule has 0 radical (unpaired) electrons. The summed E-state index contributed by atoms with van der Waals surface area (Å²) >= 11 is 6.74. The second-order valence-electron chi connectivity index (χ2n) is 9.44. The molecule has 1 saturated heterocycles. The van der Waals surface area contributed by atoms with Crippen LogP contribution in [0.4, 0.5) is 10.1 Å². The maximum Gasteiger partial charge on any atom is 0.123 e. The van der Waals surface area contributed by atoms with Crippen molar-refractivity contribution in [2.75, 3.05) is 31.1 Å². The van der Waals surface area contributed by atoms with Gasteiger partial charge in [-0.3, -0.25) is 4.90 Å². The zero-order valence-electron chi connectivity index (χ0n) is 20.3. The van der Waals surface area contributed by atoms with Gasteiger partial charge in [0.2, 0.25) is 0 Å². The van der Waals surface area contributed by atoms with E-state index in [1.807, 2.05) is 18.2 Å². The van der Waals surface area contributed by atoms with Crippen molar-refractivity contribution in [3.63, 3.8) is 0 Å². The highest BCUT2D eigenvalue weighted by molar-refractivity contribution is 6.33. The monoisotopic (exact) mass is 507 g/mol. The Balaban J connectivity index is 1.54. The first-order valence-corrected chi connectivity index (χ1v) is 12.6. The van der Waals surface area contributed by atoms with Gasteiger partial charge in [-0.1, -0.05) is 41.9 Å². The van der Waals surface area contributed by atoms with Gasteiger partial charge in [0.05, 0.1) is 40.6 Å². The zero-order valence-corrected chi connectivity index (χ0v) is 21.1. The third-order valence-electron chi connectivity index (χ3n) is 6.75. The van der Waals surface area contributed by atoms with Crippen molar-refractivity contribution in [1.29, 1.82) is 5.26 Å². The van der Waals surface area contributed by atoms with E-state index in [1.54, 1.807) is 43.3 Å². The van der Waals surface area contributed by atoms with Crippen molar-refractivity contribution in [3.8, 4) is 6.07 Å². The zero-order chi connectivity index (χ0) is 25.7. The van der Waals surface area contributed by atoms with Crippen LogP contribution in [0.25, 0.3) is 0 Å². The van der Waals surface area contributed by atoms with Gasteiger partial charge < -0.3 is 15.1 Å². The van der Waals surface area contributed by atoms with Crippen LogP contribution in [-0.4, -0.2) is 47.4 Å². The minimum atomic E-state index is -0.685. The lowest BCUT2D eigenvalue weighted by molar-refractivity contribution is 0.100. The average molecular weight is 508 g/mol. The molecule has 0 spiro atoms. The molecule has 1 aliphatic rings. The van der Waals surface area contributed by atoms with E-state index < -0.39 is 6.10 Å². The summed E-state index contributed by atoms with van der Waals surface area (Å²) < 4.78 is 13.7. The molecular weight excluding hydrogens is 477 g/mol. The predicted molar refractivity (Wildman–Crippen MR) is 140 cm³/mol. The third kappa shape index (κ3) is 6.43. The quantitative estimate of drug-likeness (QED) is 0.435. The number of β-amino-alcohol motifs (C(OH)–C–C–N with tert-alkyl or cyclic N) is 1. The lowest BCUT2D eigenvalue weighted by atomic mass is 9.99. The number of hydrogen-bond acceptors (Lipinski definition) is 5. The van der Waals surface area contributed by atoms with Crippen molar-refractivity contribution >= 4 is 17.3 Å². The highest BCUT2D eigenvalue weighted by Crippen LogP contribution is 2.36. The standard InChI is InChI=1S/C29H31ClFN3O2/c1-20(35)2-3-21-6-13-27(26(30)16-21)34-15-14-33(18-28(34)23-9-11-25(31)12-10-23)19-29(36)24-7-4-22(17-32)5-8-24/h4-13,16,20,28-29,35-36H,2-3,14-15,18-19H2,1H3/t20-,28-,29+/m0/s1. The van der Waals surface area contributed by atoms with Crippen LogP contribution in [-0.2, 0) is 6.42 Å². The van der Waals surface area contributed by atoms with Crippen molar-refractivity contribution in [1.82, 2.24) is 4.90 Å². The summed E-state index contributed by atoms with van der Waals surface area (Å²) in [5, 5.41) is 30.1. The average Bonchev–Trinajstić information content (AvgIpc) is 2.88. The Morgan fingerprint density at radius 1 is 1.06 bits per heavy atom. The van der Waals surface area contributed by atoms with Crippen molar-refractivity contribution < 1.29 is 14.6 Å². The predicted octanol–water partition coefficient (Wildman–Crippen LogP) is 5.26. The van der Waals surface area contributed by atoms with Crippen LogP contribution in [0, 0.1) is 17.1 Å². The number of halogens is 2. The smallest absolute Gasteiger partial charge is 0.123 e. The van der Waals surface area contributed by atoms with E-state index in [4.69, 9.17) is 16.9 Å². The fraction of sp³-hybridized carbons (Fsp3) is 0.345. The Bertz CT molecular complexity index is 1190. The van der Waals surface area contributed by atoms with Crippen LogP contribution in [0.3, 0.4) is 0 Å². The number of nitriles is 1. The number of hydrogen-bond donors (Lipinski definition) is 2. The summed E-state index contributed by atoms with van der Waals surface area (Å²) in [6.45, 7) is 4.28. The number of benzene rings is 3. The van der Waals surface area contributed by atoms with Gasteiger partial charge >= 0.3 is 0 Å². The Hall–Kier alpha value is -2.95. The molecule has 188 valence electrons. The van der Waals surface area contributed by atoms with Gasteiger partial charge in [-0.2, -0.15) is 5.26 Å². The summed E-state index contributed by atoms with van der Waals surface area (Å²) in [6.07, 6.45) is 0.378. The highest BCUT2D eigenvalue weighted by atomic mass is 35.5. The van der Waals surface area contributed by atoms with Crippen LogP contribution < -0.4 is 4.90 Å². The van der Waals surface area contributed by atoms with E-state index in [9.17, 15) is 14.6 Å². The molecule has 2 N–H and O–H groups in total. The molecule has 0 unspecified atom stereocenters. The maximum atomic E-state index is 13.7. The van der Waals surface area contributed by atoms with Gasteiger partial charge in [0.15, 0.2) is 0 Å². The highest BCUT2D eigenvalue weighted by Gasteiger charge is 2.31. The van der Waals surface area contributed by atoms with E-state index in [1.165, 1.54) is 12.1 Å². The minimum Gasteiger partial charge on any atom is -0.393 e. The number of aliphatic hydroxyl groups is 2. The van der Waals surface area contributed by atoms with Crippen molar-refractivity contribution in [2.45, 2.75) is 38.0 Å². The number of nitrogens with zero attached hydrogens (tertiary/aromatic N) is 3. The Morgan fingerprint density at radius 3 is 2.42 bits per heavy atom. The van der Waals surface area contributed by atoms with Crippen LogP contribution in [0.2, 0.25) is 5.02 Å². The van der Waals surface area contributed by atoms with E-state index in [0.717, 1.165) is 35.3 Å². The van der Waals surface area contributed by atoms with E-state index >= 15 is 0 Å². The second kappa shape index (κ2) is 11.9. The van der Waals surface area contributed by atoms with Gasteiger partial charge in [-0.25, -0.2) is 4.39 Å². The van der Waals surface area contributed by atoms with E-state index in [0.29, 0.717) is 36.6 Å². The van der Waals surface area contributed by atoms with E-state index in [-0.39, 0.29) is 18.0 Å². The van der Waals surface area contributed by atoms with Crippen LogP contribution in [0.1, 0.15) is 47.7 Å². The first-order chi connectivity index (χ1) is 17.3. The first-order valence-electron chi connectivity index (χ1n) is 12.2. The first kappa shape index (κ1) is 26.1. The molecule has 3 aromatic carbocycles. The Labute approximate surface area is 217 Å². The second-order valence-corrected chi connectivity index (χ2v) is 9.85. The molecule has 0 amide bonds. The lowest BCUT2D eigenvalue weighted by Crippen LogP contribution is -2.49. The fourth-order valence-electron chi connectivity index (χ4n) is 4.71. The molecule has 0 bridgehead atoms. The van der Waals surface area contributed by atoms with Crippen LogP contribution >= 0.6 is 11.6 Å². The summed E-state index contributed by atoms with van der Waals surface area (Å²) in [6, 6.07) is 21.6. The number of anilines is 1. The number of piperazine rings is 1. The van der Waals surface area contributed by atoms with Gasteiger partial charge in [0.25, 0.3) is 0 Å². The molecule has 1 aliphatic heterocycles. The molecular formula is C29H31ClFN3O2. The maximum absolute atomic E-state index is 13.7. The molecule has 7 heteroatoms. The fourth-order valence-corrected chi connectivity index (χ4v) is 5.02. The summed E-state index contributed by atoms with van der Waals surface area (Å²) in [4.78, 5) is 4.46. The molecule has 36 heavy (non-hydrogen) atoms. The number of rotatable bonds is 8. The van der Waals surface area contributed by atoms with Gasteiger partial charge in [0.1, 0.15) is 5.82 Å². The summed E-state index contributed by atoms with van der Waals surface area (Å²) in [7, 11) is 0. The van der Waals surface area contributed by atoms with Crippen LogP contribution in [0.15, 0.2) is 66.7 Å². The molecule has 0 aliphatic carbocycles. The molecule has 1 heterocycles. The number of aryl methyl sites for hydroxylation is 1. The lowest BCUT2D eigenvalue weighted by Gasteiger charge is -2.44. The topological polar surface area (TPSA) is 70.7 Å². The van der Waals surface area contributed by atoms with Gasteiger partial charge in [-0.15, -0.1) is 0 Å². The molecule has 4 rings (SSSR count). The molecule has 5 nitrogen and oxygen atoms in total. The number of aliphatic hydroxyl groups excluding tert-OH is 2. The van der Waals surface area contributed by atoms with Crippen LogP contribution in [0.5, 0.6) is 0 Å². The molecule has 0 aromatic heterocycles. The Morgan fingerprint density at radius 2 is 1.78 bits per heavy atom. The molecule has 3 aromatic rings. The molecule has 1 fully saturated rings. The minimum absolute atomic E-state index is 0.0756. The van der Waals surface area contributed by atoms with Crippen molar-refractivity contribution in [2.24, 2.45) is 0 Å². The SMILES string of the molecule is C[C@H](O)CCc1ccc(N2CCN(C[C@@H](O)c3ccc(C#N)cc3)C[C@H]2c2ccc(F)cc2)c(Cl)c1. The van der Waals surface area contributed by atoms with E-state index in [2.05, 4.69) is 15.9 Å². The summed E-state index contributed by atoms with van der Waals surface area (Å²) in [5.41, 5.74) is 4.30. The van der Waals surface area contributed by atoms with Gasteiger partial charge in [-0.05, 0) is 72.9 Å². The summed E-state index contributed by atoms with van der Waals surface area (Å²) in [5.74, 6) is -0.283.